The van der Waals surface area contributed by atoms with Crippen molar-refractivity contribution in [2.45, 2.75) is 13.5 Å². The minimum Gasteiger partial charge on any atom is -0.481 e. The molecule has 2 aromatic rings. The van der Waals surface area contributed by atoms with E-state index in [4.69, 9.17) is 4.74 Å². The van der Waals surface area contributed by atoms with Crippen molar-refractivity contribution in [1.29, 1.82) is 0 Å². The molecule has 0 aliphatic carbocycles. The van der Waals surface area contributed by atoms with Gasteiger partial charge in [0, 0.05) is 24.9 Å². The van der Waals surface area contributed by atoms with Gasteiger partial charge in [-0.3, -0.25) is 10.1 Å². The summed E-state index contributed by atoms with van der Waals surface area (Å²) in [6.45, 7) is 2.31. The van der Waals surface area contributed by atoms with E-state index in [1.807, 2.05) is 12.1 Å². The Balaban J connectivity index is 2.08. The Kier molecular flexibility index (Phi) is 4.09. The smallest absolute Gasteiger partial charge is 0.287 e. The average molecular weight is 274 g/mol. The number of nitro groups is 1. The quantitative estimate of drug-likeness (QED) is 0.664. The molecule has 0 atom stereocenters. The monoisotopic (exact) mass is 274 g/mol. The van der Waals surface area contributed by atoms with Gasteiger partial charge in [0.1, 0.15) is 12.0 Å². The summed E-state index contributed by atoms with van der Waals surface area (Å²) in [5.74, 6) is 1.16. The van der Waals surface area contributed by atoms with Gasteiger partial charge in [0.15, 0.2) is 0 Å². The molecule has 0 amide bonds. The maximum Gasteiger partial charge on any atom is 0.287 e. The summed E-state index contributed by atoms with van der Waals surface area (Å²) < 4.78 is 5.04. The van der Waals surface area contributed by atoms with Crippen LogP contribution in [-0.2, 0) is 6.54 Å². The van der Waals surface area contributed by atoms with Gasteiger partial charge in [0.2, 0.25) is 5.88 Å². The van der Waals surface area contributed by atoms with E-state index in [9.17, 15) is 10.1 Å². The predicted molar refractivity (Wildman–Crippen MR) is 73.7 cm³/mol. The first kappa shape index (κ1) is 13.7. The highest BCUT2D eigenvalue weighted by molar-refractivity contribution is 5.48. The van der Waals surface area contributed by atoms with Gasteiger partial charge in [-0.15, -0.1) is 0 Å². The Labute approximate surface area is 115 Å². The molecule has 0 aliphatic heterocycles. The molecule has 0 aliphatic rings. The van der Waals surface area contributed by atoms with Crippen LogP contribution in [0.4, 0.5) is 11.5 Å². The molecule has 0 fully saturated rings. The van der Waals surface area contributed by atoms with E-state index in [2.05, 4.69) is 15.3 Å². The molecule has 2 rings (SSSR count). The maximum atomic E-state index is 10.6. The van der Waals surface area contributed by atoms with E-state index in [1.165, 1.54) is 12.3 Å². The van der Waals surface area contributed by atoms with E-state index in [0.29, 0.717) is 18.2 Å². The first-order chi connectivity index (χ1) is 9.60. The normalized spacial score (nSPS) is 10.1. The minimum atomic E-state index is -0.461. The summed E-state index contributed by atoms with van der Waals surface area (Å²) in [4.78, 5) is 18.3. The molecule has 2 aromatic heterocycles. The molecule has 20 heavy (non-hydrogen) atoms. The Morgan fingerprint density at radius 2 is 2.20 bits per heavy atom. The number of methoxy groups -OCH3 is 1. The molecule has 0 aromatic carbocycles. The molecule has 0 unspecified atom stereocenters. The third-order valence-electron chi connectivity index (χ3n) is 2.74. The summed E-state index contributed by atoms with van der Waals surface area (Å²) >= 11 is 0. The van der Waals surface area contributed by atoms with Crippen LogP contribution < -0.4 is 10.1 Å². The van der Waals surface area contributed by atoms with Gasteiger partial charge in [0.25, 0.3) is 5.69 Å². The van der Waals surface area contributed by atoms with Crippen molar-refractivity contribution in [2.24, 2.45) is 0 Å². The van der Waals surface area contributed by atoms with Gasteiger partial charge in [-0.1, -0.05) is 0 Å². The first-order valence-electron chi connectivity index (χ1n) is 5.94. The Bertz CT molecular complexity index is 631. The minimum absolute atomic E-state index is 0.0152. The Morgan fingerprint density at radius 1 is 1.40 bits per heavy atom. The van der Waals surface area contributed by atoms with E-state index in [1.54, 1.807) is 20.2 Å². The average Bonchev–Trinajstić information content (AvgIpc) is 2.46. The zero-order chi connectivity index (χ0) is 14.5. The van der Waals surface area contributed by atoms with Crippen LogP contribution in [-0.4, -0.2) is 22.0 Å². The second kappa shape index (κ2) is 5.96. The summed E-state index contributed by atoms with van der Waals surface area (Å²) in [6.07, 6.45) is 2.90. The lowest BCUT2D eigenvalue weighted by Crippen LogP contribution is -2.04. The lowest BCUT2D eigenvalue weighted by Gasteiger charge is -2.08. The van der Waals surface area contributed by atoms with Crippen molar-refractivity contribution in [2.75, 3.05) is 12.4 Å². The highest BCUT2D eigenvalue weighted by Gasteiger charge is 2.09. The molecule has 2 heterocycles. The third kappa shape index (κ3) is 3.19. The lowest BCUT2D eigenvalue weighted by molar-refractivity contribution is -0.385. The molecule has 7 heteroatoms. The van der Waals surface area contributed by atoms with Crippen molar-refractivity contribution >= 4 is 11.5 Å². The summed E-state index contributed by atoms with van der Waals surface area (Å²) in [7, 11) is 1.56. The third-order valence-corrected chi connectivity index (χ3v) is 2.74. The number of rotatable bonds is 5. The number of pyridine rings is 2. The highest BCUT2D eigenvalue weighted by atomic mass is 16.6. The van der Waals surface area contributed by atoms with Crippen molar-refractivity contribution in [3.05, 3.63) is 51.8 Å². The number of aromatic nitrogens is 2. The van der Waals surface area contributed by atoms with Gasteiger partial charge < -0.3 is 10.1 Å². The topological polar surface area (TPSA) is 90.2 Å². The van der Waals surface area contributed by atoms with Crippen LogP contribution in [0.2, 0.25) is 0 Å². The van der Waals surface area contributed by atoms with Crippen LogP contribution in [0.5, 0.6) is 5.88 Å². The van der Waals surface area contributed by atoms with E-state index in [0.717, 1.165) is 11.1 Å². The SMILES string of the molecule is COc1cc(CNc2ncc([N+](=O)[O-])cc2C)ccn1. The number of nitrogens with one attached hydrogen (secondary N) is 1. The van der Waals surface area contributed by atoms with Crippen molar-refractivity contribution in [3.8, 4) is 5.88 Å². The van der Waals surface area contributed by atoms with Gasteiger partial charge in [0.05, 0.1) is 12.0 Å². The van der Waals surface area contributed by atoms with E-state index >= 15 is 0 Å². The number of ether oxygens (including phenoxy) is 1. The number of hydrogen-bond donors (Lipinski definition) is 1. The molecule has 0 saturated heterocycles. The molecule has 1 N–H and O–H groups in total. The molecule has 7 nitrogen and oxygen atoms in total. The number of nitrogens with zero attached hydrogens (tertiary/aromatic N) is 3. The summed E-state index contributed by atoms with van der Waals surface area (Å²) in [6, 6.07) is 5.16. The van der Waals surface area contributed by atoms with Crippen LogP contribution >= 0.6 is 0 Å². The fourth-order valence-electron chi connectivity index (χ4n) is 1.70. The number of aryl methyl sites for hydroxylation is 1. The Morgan fingerprint density at radius 3 is 2.85 bits per heavy atom. The lowest BCUT2D eigenvalue weighted by atomic mass is 10.2. The fourth-order valence-corrected chi connectivity index (χ4v) is 1.70. The molecule has 0 spiro atoms. The molecule has 104 valence electrons. The highest BCUT2D eigenvalue weighted by Crippen LogP contribution is 2.19. The van der Waals surface area contributed by atoms with E-state index < -0.39 is 4.92 Å². The standard InChI is InChI=1S/C13H14N4O3/c1-9-5-11(17(18)19)8-16-13(9)15-7-10-3-4-14-12(6-10)20-2/h3-6,8H,7H2,1-2H3,(H,15,16). The van der Waals surface area contributed by atoms with Crippen LogP contribution in [0.25, 0.3) is 0 Å². The van der Waals surface area contributed by atoms with Crippen molar-refractivity contribution in [1.82, 2.24) is 9.97 Å². The second-order valence-electron chi connectivity index (χ2n) is 4.18. The van der Waals surface area contributed by atoms with Crippen LogP contribution in [0, 0.1) is 17.0 Å². The van der Waals surface area contributed by atoms with Crippen LogP contribution in [0.15, 0.2) is 30.6 Å². The fraction of sp³-hybridized carbons (Fsp3) is 0.231. The van der Waals surface area contributed by atoms with Gasteiger partial charge in [-0.05, 0) is 24.1 Å². The van der Waals surface area contributed by atoms with Gasteiger partial charge in [-0.25, -0.2) is 9.97 Å². The maximum absolute atomic E-state index is 10.6. The van der Waals surface area contributed by atoms with Gasteiger partial charge >= 0.3 is 0 Å². The predicted octanol–water partition coefficient (Wildman–Crippen LogP) is 2.31. The zero-order valence-electron chi connectivity index (χ0n) is 11.2. The zero-order valence-corrected chi connectivity index (χ0v) is 11.2. The first-order valence-corrected chi connectivity index (χ1v) is 5.94. The number of hydrogen-bond acceptors (Lipinski definition) is 6. The van der Waals surface area contributed by atoms with Crippen LogP contribution in [0.1, 0.15) is 11.1 Å². The molecular formula is C13H14N4O3. The van der Waals surface area contributed by atoms with Crippen LogP contribution in [0.3, 0.4) is 0 Å². The summed E-state index contributed by atoms with van der Waals surface area (Å²) in [5.41, 5.74) is 1.69. The molecule has 0 bridgehead atoms. The molecule has 0 radical (unpaired) electrons. The van der Waals surface area contributed by atoms with Crippen molar-refractivity contribution < 1.29 is 9.66 Å². The Hall–Kier alpha value is -2.70. The largest absolute Gasteiger partial charge is 0.481 e. The molecule has 0 saturated carbocycles. The van der Waals surface area contributed by atoms with Crippen molar-refractivity contribution in [3.63, 3.8) is 0 Å². The van der Waals surface area contributed by atoms with Gasteiger partial charge in [-0.2, -0.15) is 0 Å². The van der Waals surface area contributed by atoms with E-state index in [-0.39, 0.29) is 5.69 Å². The second-order valence-corrected chi connectivity index (χ2v) is 4.18. The number of anilines is 1. The summed E-state index contributed by atoms with van der Waals surface area (Å²) in [5, 5.41) is 13.8. The molecular weight excluding hydrogens is 260 g/mol.